The average molecular weight is 371 g/mol. The molecule has 0 unspecified atom stereocenters. The average Bonchev–Trinajstić information content (AvgIpc) is 3.30. The van der Waals surface area contributed by atoms with Crippen LogP contribution in [-0.4, -0.2) is 55.5 Å². The normalized spacial score (nSPS) is 20.4. The zero-order valence-electron chi connectivity index (χ0n) is 17.1. The highest BCUT2D eigenvalue weighted by atomic mass is 15.3. The smallest absolute Gasteiger partial charge is 0.122 e. The number of hydrogen-bond acceptors (Lipinski definition) is 4. The third-order valence-electron chi connectivity index (χ3n) is 6.30. The molecule has 2 aliphatic heterocycles. The van der Waals surface area contributed by atoms with Gasteiger partial charge in [0.05, 0.1) is 24.1 Å². The number of hydrogen-bond donors (Lipinski definition) is 1. The number of imidazole rings is 2. The molecule has 4 heterocycles. The predicted octanol–water partition coefficient (Wildman–Crippen LogP) is 3.02. The number of fused-ring (bicyclic) bond motifs is 2. The Hall–Kier alpha value is -1.66. The lowest BCUT2D eigenvalue weighted by molar-refractivity contribution is -0.00429. The molecular formula is C21H34N6. The van der Waals surface area contributed by atoms with E-state index in [9.17, 15) is 0 Å². The summed E-state index contributed by atoms with van der Waals surface area (Å²) < 4.78 is 2.31. The summed E-state index contributed by atoms with van der Waals surface area (Å²) in [6.07, 6.45) is 10.5. The van der Waals surface area contributed by atoms with Crippen LogP contribution in [0.1, 0.15) is 57.2 Å². The highest BCUT2D eigenvalue weighted by Crippen LogP contribution is 2.42. The van der Waals surface area contributed by atoms with Gasteiger partial charge < -0.3 is 9.55 Å². The third kappa shape index (κ3) is 3.57. The van der Waals surface area contributed by atoms with Crippen LogP contribution in [0, 0.1) is 5.92 Å². The van der Waals surface area contributed by atoms with Gasteiger partial charge in [-0.25, -0.2) is 9.97 Å². The lowest BCUT2D eigenvalue weighted by atomic mass is 9.78. The van der Waals surface area contributed by atoms with Crippen LogP contribution in [0.3, 0.4) is 0 Å². The van der Waals surface area contributed by atoms with E-state index < -0.39 is 0 Å². The number of rotatable bonds is 6. The van der Waals surface area contributed by atoms with Gasteiger partial charge in [-0.1, -0.05) is 20.8 Å². The number of likely N-dealkylation sites (tertiary alicyclic amines) is 1. The van der Waals surface area contributed by atoms with Crippen molar-refractivity contribution in [2.45, 2.75) is 65.1 Å². The van der Waals surface area contributed by atoms with Gasteiger partial charge in [-0.2, -0.15) is 0 Å². The number of aromatic nitrogens is 4. The van der Waals surface area contributed by atoms with E-state index in [-0.39, 0.29) is 5.54 Å². The predicted molar refractivity (Wildman–Crippen MR) is 107 cm³/mol. The lowest BCUT2D eigenvalue weighted by Crippen LogP contribution is -2.57. The molecule has 0 amide bonds. The van der Waals surface area contributed by atoms with Gasteiger partial charge in [-0.3, -0.25) is 9.80 Å². The molecule has 2 aliphatic rings. The molecule has 6 nitrogen and oxygen atoms in total. The minimum Gasteiger partial charge on any atom is -0.348 e. The summed E-state index contributed by atoms with van der Waals surface area (Å²) in [6, 6.07) is 0. The van der Waals surface area contributed by atoms with Crippen molar-refractivity contribution in [3.05, 3.63) is 35.9 Å². The van der Waals surface area contributed by atoms with E-state index in [1.807, 2.05) is 12.5 Å². The Morgan fingerprint density at radius 3 is 2.74 bits per heavy atom. The van der Waals surface area contributed by atoms with Gasteiger partial charge in [-0.15, -0.1) is 0 Å². The number of H-pyrrole nitrogens is 1. The van der Waals surface area contributed by atoms with Crippen LogP contribution in [0.5, 0.6) is 0 Å². The van der Waals surface area contributed by atoms with Crippen LogP contribution in [-0.2, 0) is 25.0 Å². The van der Waals surface area contributed by atoms with Crippen LogP contribution in [0.15, 0.2) is 18.7 Å². The summed E-state index contributed by atoms with van der Waals surface area (Å²) in [5, 5.41) is 0. The fourth-order valence-electron chi connectivity index (χ4n) is 5.00. The van der Waals surface area contributed by atoms with Gasteiger partial charge in [-0.05, 0) is 25.2 Å². The second-order valence-electron chi connectivity index (χ2n) is 8.66. The lowest BCUT2D eigenvalue weighted by Gasteiger charge is -2.51. The van der Waals surface area contributed by atoms with Gasteiger partial charge in [0.25, 0.3) is 0 Å². The first kappa shape index (κ1) is 18.7. The summed E-state index contributed by atoms with van der Waals surface area (Å²) in [5.41, 5.74) is 2.80. The van der Waals surface area contributed by atoms with Crippen molar-refractivity contribution >= 4 is 0 Å². The fraction of sp³-hybridized carbons (Fsp3) is 0.714. The standard InChI is InChI=1S/C21H34N6/c1-4-9-26-13-8-22-19(26)15-25-11-6-21(7-12-25)20-18(23-16-24-20)5-10-27(21)14-17(2)3/h8,13,16-17H,4-7,9-12,14-15H2,1-3H3,(H,23,24). The summed E-state index contributed by atoms with van der Waals surface area (Å²) in [7, 11) is 0. The van der Waals surface area contributed by atoms with Crippen molar-refractivity contribution in [1.29, 1.82) is 0 Å². The number of nitrogens with zero attached hydrogens (tertiary/aromatic N) is 5. The van der Waals surface area contributed by atoms with Gasteiger partial charge in [0.2, 0.25) is 0 Å². The second-order valence-corrected chi connectivity index (χ2v) is 8.66. The molecule has 0 radical (unpaired) electrons. The monoisotopic (exact) mass is 370 g/mol. The Bertz CT molecular complexity index is 737. The Morgan fingerprint density at radius 2 is 2.00 bits per heavy atom. The Kier molecular flexibility index (Phi) is 5.37. The molecule has 0 aromatic carbocycles. The molecule has 1 fully saturated rings. The van der Waals surface area contributed by atoms with E-state index in [4.69, 9.17) is 4.98 Å². The maximum Gasteiger partial charge on any atom is 0.122 e. The zero-order chi connectivity index (χ0) is 18.9. The van der Waals surface area contributed by atoms with Crippen molar-refractivity contribution in [1.82, 2.24) is 29.3 Å². The van der Waals surface area contributed by atoms with Crippen molar-refractivity contribution in [3.8, 4) is 0 Å². The fourth-order valence-corrected chi connectivity index (χ4v) is 5.00. The summed E-state index contributed by atoms with van der Waals surface area (Å²) in [6.45, 7) is 13.4. The SMILES string of the molecule is CCCn1ccnc1CN1CCC2(CC1)c1nc[nH]c1CCN2CC(C)C. The molecule has 1 spiro atoms. The first-order valence-electron chi connectivity index (χ1n) is 10.6. The largest absolute Gasteiger partial charge is 0.348 e. The van der Waals surface area contributed by atoms with Crippen molar-refractivity contribution < 1.29 is 0 Å². The number of piperidine rings is 1. The quantitative estimate of drug-likeness (QED) is 0.849. The Balaban J connectivity index is 1.49. The van der Waals surface area contributed by atoms with Crippen LogP contribution in [0.4, 0.5) is 0 Å². The van der Waals surface area contributed by atoms with Crippen LogP contribution in [0.2, 0.25) is 0 Å². The van der Waals surface area contributed by atoms with E-state index in [0.717, 1.165) is 65.0 Å². The Labute approximate surface area is 163 Å². The number of aryl methyl sites for hydroxylation is 1. The van der Waals surface area contributed by atoms with Crippen molar-refractivity contribution in [2.75, 3.05) is 26.2 Å². The highest BCUT2D eigenvalue weighted by molar-refractivity contribution is 5.27. The van der Waals surface area contributed by atoms with Crippen LogP contribution >= 0.6 is 0 Å². The molecule has 2 aromatic rings. The maximum absolute atomic E-state index is 4.80. The summed E-state index contributed by atoms with van der Waals surface area (Å²) in [4.78, 5) is 18.1. The molecule has 6 heteroatoms. The first-order valence-corrected chi connectivity index (χ1v) is 10.6. The minimum absolute atomic E-state index is 0.118. The number of aromatic amines is 1. The molecule has 0 aliphatic carbocycles. The molecule has 0 atom stereocenters. The second kappa shape index (κ2) is 7.76. The van der Waals surface area contributed by atoms with Gasteiger partial charge in [0, 0.05) is 57.2 Å². The minimum atomic E-state index is 0.118. The first-order chi connectivity index (χ1) is 13.1. The van der Waals surface area contributed by atoms with E-state index in [2.05, 4.69) is 51.3 Å². The van der Waals surface area contributed by atoms with E-state index in [1.165, 1.54) is 17.2 Å². The topological polar surface area (TPSA) is 53.0 Å². The third-order valence-corrected chi connectivity index (χ3v) is 6.30. The molecule has 27 heavy (non-hydrogen) atoms. The molecule has 148 valence electrons. The molecule has 2 aromatic heterocycles. The molecule has 1 saturated heterocycles. The molecule has 1 N–H and O–H groups in total. The van der Waals surface area contributed by atoms with Crippen LogP contribution in [0.25, 0.3) is 0 Å². The number of nitrogens with one attached hydrogen (secondary N) is 1. The molecule has 0 bridgehead atoms. The maximum atomic E-state index is 4.80. The molecular weight excluding hydrogens is 336 g/mol. The van der Waals surface area contributed by atoms with E-state index >= 15 is 0 Å². The molecule has 0 saturated carbocycles. The van der Waals surface area contributed by atoms with Gasteiger partial charge >= 0.3 is 0 Å². The molecule has 4 rings (SSSR count). The van der Waals surface area contributed by atoms with Crippen molar-refractivity contribution in [2.24, 2.45) is 5.92 Å². The van der Waals surface area contributed by atoms with Crippen LogP contribution < -0.4 is 0 Å². The van der Waals surface area contributed by atoms with E-state index in [0.29, 0.717) is 5.92 Å². The highest BCUT2D eigenvalue weighted by Gasteiger charge is 2.46. The Morgan fingerprint density at radius 1 is 1.19 bits per heavy atom. The summed E-state index contributed by atoms with van der Waals surface area (Å²) in [5.74, 6) is 1.89. The van der Waals surface area contributed by atoms with E-state index in [1.54, 1.807) is 0 Å². The van der Waals surface area contributed by atoms with Crippen molar-refractivity contribution in [3.63, 3.8) is 0 Å². The van der Waals surface area contributed by atoms with Gasteiger partial charge in [0.15, 0.2) is 0 Å². The zero-order valence-corrected chi connectivity index (χ0v) is 17.1. The summed E-state index contributed by atoms with van der Waals surface area (Å²) >= 11 is 0. The van der Waals surface area contributed by atoms with Gasteiger partial charge in [0.1, 0.15) is 5.82 Å².